The highest BCUT2D eigenvalue weighted by molar-refractivity contribution is 7.89. The molecule has 2 N–H and O–H groups in total. The van der Waals surface area contributed by atoms with Crippen LogP contribution in [0.25, 0.3) is 0 Å². The van der Waals surface area contributed by atoms with Gasteiger partial charge >= 0.3 is 11.8 Å². The summed E-state index contributed by atoms with van der Waals surface area (Å²) >= 11 is 0. The van der Waals surface area contributed by atoms with Crippen molar-refractivity contribution in [1.29, 1.82) is 0 Å². The second-order valence-electron chi connectivity index (χ2n) is 7.37. The molecule has 7 nitrogen and oxygen atoms in total. The number of carbonyl (C=O) groups excluding carboxylic acids is 2. The van der Waals surface area contributed by atoms with Crippen molar-refractivity contribution in [2.45, 2.75) is 51.0 Å². The molecular weight excluding hydrogens is 366 g/mol. The predicted molar refractivity (Wildman–Crippen MR) is 104 cm³/mol. The van der Waals surface area contributed by atoms with E-state index in [1.807, 2.05) is 20.8 Å². The van der Waals surface area contributed by atoms with Crippen LogP contribution in [0, 0.1) is 12.8 Å². The summed E-state index contributed by atoms with van der Waals surface area (Å²) in [7, 11) is -3.62. The van der Waals surface area contributed by atoms with Crippen molar-refractivity contribution in [1.82, 2.24) is 14.9 Å². The van der Waals surface area contributed by atoms with Gasteiger partial charge in [-0.2, -0.15) is 4.31 Å². The van der Waals surface area contributed by atoms with Crippen LogP contribution in [0.15, 0.2) is 29.2 Å². The van der Waals surface area contributed by atoms with Crippen LogP contribution in [0.4, 0.5) is 0 Å². The molecule has 0 aromatic heterocycles. The van der Waals surface area contributed by atoms with Gasteiger partial charge in [-0.25, -0.2) is 8.42 Å². The van der Waals surface area contributed by atoms with E-state index in [9.17, 15) is 18.0 Å². The van der Waals surface area contributed by atoms with E-state index in [-0.39, 0.29) is 17.5 Å². The predicted octanol–water partition coefficient (Wildman–Crippen LogP) is 1.43. The summed E-state index contributed by atoms with van der Waals surface area (Å²) in [6.07, 6.45) is 2.18. The molecule has 1 saturated heterocycles. The standard InChI is InChI=1S/C19H29N3O4S/c1-14(2)10-11-20-18(23)19(24)21-13-16-5-4-12-22(16)27(25,26)17-8-6-15(3)7-9-17/h6-9,14,16H,4-5,10-13H2,1-3H3,(H,20,23)(H,21,24). The Morgan fingerprint density at radius 3 is 2.41 bits per heavy atom. The Morgan fingerprint density at radius 2 is 1.78 bits per heavy atom. The van der Waals surface area contributed by atoms with Crippen LogP contribution < -0.4 is 10.6 Å². The quantitative estimate of drug-likeness (QED) is 0.683. The van der Waals surface area contributed by atoms with Gasteiger partial charge < -0.3 is 10.6 Å². The molecule has 2 rings (SSSR count). The van der Waals surface area contributed by atoms with Gasteiger partial charge in [0.1, 0.15) is 0 Å². The summed E-state index contributed by atoms with van der Waals surface area (Å²) in [5.41, 5.74) is 0.989. The van der Waals surface area contributed by atoms with E-state index < -0.39 is 21.8 Å². The van der Waals surface area contributed by atoms with Crippen molar-refractivity contribution in [3.63, 3.8) is 0 Å². The monoisotopic (exact) mass is 395 g/mol. The molecule has 8 heteroatoms. The lowest BCUT2D eigenvalue weighted by Crippen LogP contribution is -2.47. The highest BCUT2D eigenvalue weighted by atomic mass is 32.2. The summed E-state index contributed by atoms with van der Waals surface area (Å²) in [6.45, 7) is 6.96. The van der Waals surface area contributed by atoms with Crippen LogP contribution in [-0.4, -0.2) is 50.2 Å². The molecule has 150 valence electrons. The Hall–Kier alpha value is -1.93. The van der Waals surface area contributed by atoms with Crippen molar-refractivity contribution in [3.05, 3.63) is 29.8 Å². The first kappa shape index (κ1) is 21.4. The fourth-order valence-corrected chi connectivity index (χ4v) is 4.71. The number of benzene rings is 1. The minimum atomic E-state index is -3.62. The number of carbonyl (C=O) groups is 2. The van der Waals surface area contributed by atoms with Gasteiger partial charge in [-0.1, -0.05) is 31.5 Å². The van der Waals surface area contributed by atoms with Gasteiger partial charge in [0.15, 0.2) is 0 Å². The normalized spacial score (nSPS) is 17.9. The molecule has 1 aromatic rings. The molecular formula is C19H29N3O4S. The maximum Gasteiger partial charge on any atom is 0.309 e. The number of sulfonamides is 1. The second-order valence-corrected chi connectivity index (χ2v) is 9.26. The Morgan fingerprint density at radius 1 is 1.15 bits per heavy atom. The van der Waals surface area contributed by atoms with E-state index in [0.29, 0.717) is 25.4 Å². The van der Waals surface area contributed by atoms with Crippen molar-refractivity contribution in [2.75, 3.05) is 19.6 Å². The van der Waals surface area contributed by atoms with Crippen LogP contribution >= 0.6 is 0 Å². The number of rotatable bonds is 7. The topological polar surface area (TPSA) is 95.6 Å². The minimum absolute atomic E-state index is 0.127. The van der Waals surface area contributed by atoms with Crippen LogP contribution in [0.2, 0.25) is 0 Å². The molecule has 1 unspecified atom stereocenters. The average molecular weight is 396 g/mol. The fourth-order valence-electron chi connectivity index (χ4n) is 3.02. The Kier molecular flexibility index (Phi) is 7.38. The molecule has 0 spiro atoms. The third-order valence-electron chi connectivity index (χ3n) is 4.66. The Bertz CT molecular complexity index is 760. The van der Waals surface area contributed by atoms with Crippen molar-refractivity contribution in [2.24, 2.45) is 5.92 Å². The lowest BCUT2D eigenvalue weighted by molar-refractivity contribution is -0.139. The Labute approximate surface area is 161 Å². The van der Waals surface area contributed by atoms with E-state index >= 15 is 0 Å². The smallest absolute Gasteiger partial charge is 0.309 e. The molecule has 0 bridgehead atoms. The molecule has 1 fully saturated rings. The summed E-state index contributed by atoms with van der Waals surface area (Å²) < 4.78 is 27.2. The van der Waals surface area contributed by atoms with Gasteiger partial charge in [0.05, 0.1) is 4.90 Å². The van der Waals surface area contributed by atoms with Crippen molar-refractivity contribution in [3.8, 4) is 0 Å². The molecule has 0 aliphatic carbocycles. The lowest BCUT2D eigenvalue weighted by atomic mass is 10.1. The highest BCUT2D eigenvalue weighted by Crippen LogP contribution is 2.25. The third kappa shape index (κ3) is 5.77. The molecule has 0 saturated carbocycles. The van der Waals surface area contributed by atoms with Crippen molar-refractivity contribution < 1.29 is 18.0 Å². The summed E-state index contributed by atoms with van der Waals surface area (Å²) in [5, 5.41) is 5.15. The van der Waals surface area contributed by atoms with E-state index in [2.05, 4.69) is 10.6 Å². The number of nitrogens with zero attached hydrogens (tertiary/aromatic N) is 1. The Balaban J connectivity index is 1.93. The van der Waals surface area contributed by atoms with Gasteiger partial charge in [-0.05, 0) is 44.2 Å². The van der Waals surface area contributed by atoms with Gasteiger partial charge in [0, 0.05) is 25.7 Å². The third-order valence-corrected chi connectivity index (χ3v) is 6.63. The first-order valence-corrected chi connectivity index (χ1v) is 10.8. The van der Waals surface area contributed by atoms with Gasteiger partial charge in [0.2, 0.25) is 10.0 Å². The number of hydrogen-bond acceptors (Lipinski definition) is 4. The zero-order valence-corrected chi connectivity index (χ0v) is 17.0. The average Bonchev–Trinajstić information content (AvgIpc) is 3.09. The van der Waals surface area contributed by atoms with Gasteiger partial charge in [0.25, 0.3) is 0 Å². The molecule has 1 aromatic carbocycles. The number of hydrogen-bond donors (Lipinski definition) is 2. The van der Waals surface area contributed by atoms with Crippen LogP contribution in [0.5, 0.6) is 0 Å². The molecule has 1 aliphatic heterocycles. The molecule has 27 heavy (non-hydrogen) atoms. The van der Waals surface area contributed by atoms with E-state index in [0.717, 1.165) is 18.4 Å². The van der Waals surface area contributed by atoms with Gasteiger partial charge in [-0.15, -0.1) is 0 Å². The van der Waals surface area contributed by atoms with Crippen LogP contribution in [0.3, 0.4) is 0 Å². The first-order chi connectivity index (χ1) is 12.7. The van der Waals surface area contributed by atoms with Crippen molar-refractivity contribution >= 4 is 21.8 Å². The minimum Gasteiger partial charge on any atom is -0.348 e. The fraction of sp³-hybridized carbons (Fsp3) is 0.579. The SMILES string of the molecule is Cc1ccc(S(=O)(=O)N2CCCC2CNC(=O)C(=O)NCCC(C)C)cc1. The molecule has 0 radical (unpaired) electrons. The van der Waals surface area contributed by atoms with E-state index in [1.165, 1.54) is 4.31 Å². The molecule has 1 aliphatic rings. The van der Waals surface area contributed by atoms with Crippen LogP contribution in [-0.2, 0) is 19.6 Å². The molecule has 2 amide bonds. The maximum atomic E-state index is 12.9. The number of nitrogens with one attached hydrogen (secondary N) is 2. The summed E-state index contributed by atoms with van der Waals surface area (Å²) in [6, 6.07) is 6.38. The summed E-state index contributed by atoms with van der Waals surface area (Å²) in [5.74, 6) is -0.965. The van der Waals surface area contributed by atoms with Crippen LogP contribution in [0.1, 0.15) is 38.7 Å². The zero-order chi connectivity index (χ0) is 20.0. The van der Waals surface area contributed by atoms with E-state index in [1.54, 1.807) is 24.3 Å². The van der Waals surface area contributed by atoms with Gasteiger partial charge in [-0.3, -0.25) is 9.59 Å². The second kappa shape index (κ2) is 9.32. The molecule has 1 atom stereocenters. The first-order valence-electron chi connectivity index (χ1n) is 9.36. The number of amides is 2. The number of aryl methyl sites for hydroxylation is 1. The lowest BCUT2D eigenvalue weighted by Gasteiger charge is -2.24. The highest BCUT2D eigenvalue weighted by Gasteiger charge is 2.35. The maximum absolute atomic E-state index is 12.9. The molecule has 1 heterocycles. The largest absolute Gasteiger partial charge is 0.348 e. The zero-order valence-electron chi connectivity index (χ0n) is 16.2. The van der Waals surface area contributed by atoms with E-state index in [4.69, 9.17) is 0 Å². The summed E-state index contributed by atoms with van der Waals surface area (Å²) in [4.78, 5) is 24.0.